The number of nitrogens with two attached hydrogens (primary N) is 1. The van der Waals surface area contributed by atoms with Crippen LogP contribution in [0.2, 0.25) is 0 Å². The molecule has 1 amide bonds. The number of anilines is 1. The maximum atomic E-state index is 13.7. The zero-order valence-electron chi connectivity index (χ0n) is 19.9. The van der Waals surface area contributed by atoms with Crippen LogP contribution < -0.4 is 11.1 Å². The van der Waals surface area contributed by atoms with Gasteiger partial charge in [-0.05, 0) is 63.0 Å². The molecule has 3 N–H and O–H groups in total. The molecule has 0 bridgehead atoms. The smallest absolute Gasteiger partial charge is 0.386 e. The third-order valence-corrected chi connectivity index (χ3v) is 8.46. The number of nitrogens with zero attached hydrogens (tertiary/aromatic N) is 5. The molecule has 2 aliphatic heterocycles. The second kappa shape index (κ2) is 7.79. The van der Waals surface area contributed by atoms with Crippen LogP contribution in [0, 0.1) is 33.5 Å². The summed E-state index contributed by atoms with van der Waals surface area (Å²) in [5.74, 6) is -2.89. The summed E-state index contributed by atoms with van der Waals surface area (Å²) in [4.78, 5) is 30.2. The van der Waals surface area contributed by atoms with Gasteiger partial charge < -0.3 is 20.7 Å². The Bertz CT molecular complexity index is 1280. The number of hydrogen-bond acceptors (Lipinski definition) is 9. The largest absolute Gasteiger partial charge is 0.422 e. The van der Waals surface area contributed by atoms with Gasteiger partial charge in [0.15, 0.2) is 5.41 Å². The Morgan fingerprint density at radius 3 is 2.06 bits per heavy atom. The Balaban J connectivity index is 1.54. The van der Waals surface area contributed by atoms with E-state index in [1.165, 1.54) is 0 Å². The first-order valence-electron chi connectivity index (χ1n) is 12.6. The molecule has 0 radical (unpaired) electrons. The number of nitrogens with one attached hydrogen (secondary N) is 1. The van der Waals surface area contributed by atoms with Crippen LogP contribution >= 0.6 is 0 Å². The van der Waals surface area contributed by atoms with E-state index < -0.39 is 28.1 Å². The van der Waals surface area contributed by atoms with Crippen molar-refractivity contribution < 1.29 is 14.5 Å². The monoisotopic (exact) mass is 485 g/mol. The second-order valence-electron chi connectivity index (χ2n) is 10.2. The van der Waals surface area contributed by atoms with Gasteiger partial charge in [0.2, 0.25) is 11.3 Å². The van der Waals surface area contributed by atoms with E-state index in [2.05, 4.69) is 32.8 Å². The van der Waals surface area contributed by atoms with Crippen molar-refractivity contribution in [3.63, 3.8) is 0 Å². The highest BCUT2D eigenvalue weighted by atomic mass is 16.8. The second-order valence-corrected chi connectivity index (χ2v) is 10.2. The summed E-state index contributed by atoms with van der Waals surface area (Å²) in [5.41, 5.74) is 3.66. The fraction of sp³-hybridized carbons (Fsp3) is 0.538. The summed E-state index contributed by atoms with van der Waals surface area (Å²) < 4.78 is 0. The average molecular weight is 486 g/mol. The van der Waals surface area contributed by atoms with Gasteiger partial charge >= 0.3 is 5.91 Å². The Kier molecular flexibility index (Phi) is 4.88. The van der Waals surface area contributed by atoms with Gasteiger partial charge in [-0.2, -0.15) is 15.5 Å². The minimum atomic E-state index is -2.19. The number of rotatable bonds is 4. The van der Waals surface area contributed by atoms with Crippen LogP contribution in [-0.4, -0.2) is 29.1 Å². The van der Waals surface area contributed by atoms with Crippen molar-refractivity contribution in [1.29, 1.82) is 10.5 Å². The summed E-state index contributed by atoms with van der Waals surface area (Å²) in [6.07, 6.45) is 9.15. The van der Waals surface area contributed by atoms with Crippen molar-refractivity contribution in [3.05, 3.63) is 29.8 Å². The fourth-order valence-corrected chi connectivity index (χ4v) is 6.76. The number of para-hydroxylation sites is 1. The molecule has 3 fully saturated rings. The van der Waals surface area contributed by atoms with E-state index in [1.807, 2.05) is 0 Å². The number of hydrogen-bond donors (Lipinski definition) is 2. The van der Waals surface area contributed by atoms with Crippen LogP contribution in [0.15, 0.2) is 39.6 Å². The number of fused-ring (bicyclic) bond motifs is 5. The molecular weight excluding hydrogens is 458 g/mol. The van der Waals surface area contributed by atoms with Crippen molar-refractivity contribution in [2.24, 2.45) is 31.9 Å². The normalized spacial score (nSPS) is 33.4. The zero-order valence-corrected chi connectivity index (χ0v) is 19.9. The van der Waals surface area contributed by atoms with Gasteiger partial charge in [-0.3, -0.25) is 4.79 Å². The predicted octanol–water partition coefficient (Wildman–Crippen LogP) is 3.61. The van der Waals surface area contributed by atoms with Crippen LogP contribution in [0.25, 0.3) is 0 Å². The molecule has 1 aromatic carbocycles. The molecule has 184 valence electrons. The molecule has 2 heterocycles. The predicted molar refractivity (Wildman–Crippen MR) is 130 cm³/mol. The van der Waals surface area contributed by atoms with E-state index in [-0.39, 0.29) is 5.84 Å². The van der Waals surface area contributed by atoms with Gasteiger partial charge in [0.25, 0.3) is 0 Å². The Hall–Kier alpha value is -3.92. The number of amides is 1. The van der Waals surface area contributed by atoms with Gasteiger partial charge in [-0.25, -0.2) is 0 Å². The minimum Gasteiger partial charge on any atom is -0.386 e. The lowest BCUT2D eigenvalue weighted by molar-refractivity contribution is -0.263. The van der Waals surface area contributed by atoms with Crippen molar-refractivity contribution >= 4 is 28.9 Å². The van der Waals surface area contributed by atoms with Gasteiger partial charge in [-0.1, -0.05) is 41.4 Å². The van der Waals surface area contributed by atoms with Gasteiger partial charge in [0, 0.05) is 5.69 Å². The van der Waals surface area contributed by atoms with E-state index in [4.69, 9.17) is 15.4 Å². The van der Waals surface area contributed by atoms with Crippen molar-refractivity contribution in [1.82, 2.24) is 0 Å². The summed E-state index contributed by atoms with van der Waals surface area (Å²) >= 11 is 0. The van der Waals surface area contributed by atoms with E-state index in [1.54, 1.807) is 24.3 Å². The molecule has 5 aliphatic rings. The van der Waals surface area contributed by atoms with Crippen LogP contribution in [0.4, 0.5) is 5.69 Å². The Morgan fingerprint density at radius 1 is 0.917 bits per heavy atom. The minimum absolute atomic E-state index is 0.189. The van der Waals surface area contributed by atoms with Crippen LogP contribution in [0.1, 0.15) is 69.8 Å². The molecule has 10 heteroatoms. The van der Waals surface area contributed by atoms with E-state index in [9.17, 15) is 15.3 Å². The van der Waals surface area contributed by atoms with Crippen molar-refractivity contribution in [2.75, 3.05) is 5.32 Å². The van der Waals surface area contributed by atoms with Crippen molar-refractivity contribution in [2.45, 2.75) is 75.5 Å². The molecule has 3 saturated carbocycles. The number of oxime groups is 2. The molecule has 0 aromatic heterocycles. The molecule has 1 spiro atoms. The molecule has 1 aromatic rings. The van der Waals surface area contributed by atoms with Crippen LogP contribution in [0.5, 0.6) is 0 Å². The lowest BCUT2D eigenvalue weighted by atomic mass is 9.84. The lowest BCUT2D eigenvalue weighted by Gasteiger charge is -2.30. The standard InChI is InChI=1S/C26H27N7O3/c27-15-23-21(29)31-26(35-32-17-9-3-1-4-10-17,36-33-18-11-5-2-6-12-18)24(23,16-28)25(23)19-13-7-8-14-20(19)30-22(25)34/h7-8,13-14H,1-6,9-12H2,(H2,29,31)(H,30,34). The molecule has 3 unspecified atom stereocenters. The van der Waals surface area contributed by atoms with Crippen LogP contribution in [0.3, 0.4) is 0 Å². The molecule has 3 aliphatic carbocycles. The van der Waals surface area contributed by atoms with E-state index >= 15 is 0 Å². The molecule has 10 nitrogen and oxygen atoms in total. The lowest BCUT2D eigenvalue weighted by Crippen LogP contribution is -2.47. The highest BCUT2D eigenvalue weighted by molar-refractivity contribution is 6.20. The number of carbonyl (C=O) groups is 1. The number of benzene rings is 1. The molecule has 36 heavy (non-hydrogen) atoms. The molecular formula is C26H27N7O3. The highest BCUT2D eigenvalue weighted by Crippen LogP contribution is 2.87. The topological polar surface area (TPSA) is 158 Å². The average Bonchev–Trinajstić information content (AvgIpc) is 3.27. The Labute approximate surface area is 208 Å². The van der Waals surface area contributed by atoms with Gasteiger partial charge in [-0.15, -0.1) is 0 Å². The van der Waals surface area contributed by atoms with Crippen LogP contribution in [-0.2, 0) is 19.9 Å². The molecule has 6 rings (SSSR count). The zero-order chi connectivity index (χ0) is 25.0. The summed E-state index contributed by atoms with van der Waals surface area (Å²) in [7, 11) is 0. The van der Waals surface area contributed by atoms with Gasteiger partial charge in [0.05, 0.1) is 23.6 Å². The summed E-state index contributed by atoms with van der Waals surface area (Å²) in [5, 5.41) is 32.9. The fourth-order valence-electron chi connectivity index (χ4n) is 6.76. The SMILES string of the molecule is N#CC12C(N)=NC(ON=C3CCCCC3)(ON=C3CCCCC3)C1(C#N)C21C(=O)Nc2ccccc21. The first-order chi connectivity index (χ1) is 17.5. The van der Waals surface area contributed by atoms with E-state index in [0.29, 0.717) is 11.3 Å². The first-order valence-corrected chi connectivity index (χ1v) is 12.6. The number of carbonyl (C=O) groups excluding carboxylic acids is 1. The molecule has 0 saturated heterocycles. The molecule has 3 atom stereocenters. The Morgan fingerprint density at radius 2 is 1.50 bits per heavy atom. The van der Waals surface area contributed by atoms with Crippen molar-refractivity contribution in [3.8, 4) is 12.1 Å². The van der Waals surface area contributed by atoms with E-state index in [0.717, 1.165) is 75.6 Å². The number of nitriles is 2. The summed E-state index contributed by atoms with van der Waals surface area (Å²) in [6.45, 7) is 0. The third kappa shape index (κ3) is 2.44. The maximum Gasteiger partial charge on any atom is 0.422 e. The quantitative estimate of drug-likeness (QED) is 0.490. The maximum absolute atomic E-state index is 13.7. The third-order valence-electron chi connectivity index (χ3n) is 8.46. The number of aliphatic imine (C=N–C) groups is 1. The number of amidine groups is 1. The van der Waals surface area contributed by atoms with Gasteiger partial charge in [0.1, 0.15) is 11.3 Å². The first kappa shape index (κ1) is 22.5. The summed E-state index contributed by atoms with van der Waals surface area (Å²) in [6, 6.07) is 11.4. The highest BCUT2D eigenvalue weighted by Gasteiger charge is 3.07.